The van der Waals surface area contributed by atoms with E-state index in [1.165, 1.54) is 6.07 Å². The molecule has 2 aromatic rings. The van der Waals surface area contributed by atoms with Crippen LogP contribution in [0.3, 0.4) is 0 Å². The summed E-state index contributed by atoms with van der Waals surface area (Å²) in [6.45, 7) is 7.30. The number of carbonyl (C=O) groups is 3. The predicted octanol–water partition coefficient (Wildman–Crippen LogP) is 3.27. The molecule has 0 saturated carbocycles. The third-order valence-electron chi connectivity index (χ3n) is 7.22. The Bertz CT molecular complexity index is 1270. The number of aromatic hydroxyl groups is 1. The summed E-state index contributed by atoms with van der Waals surface area (Å²) < 4.78 is 48.9. The second-order valence-corrected chi connectivity index (χ2v) is 11.2. The molecule has 5 N–H and O–H groups in total. The number of amides is 3. The van der Waals surface area contributed by atoms with Gasteiger partial charge in [0.25, 0.3) is 0 Å². The van der Waals surface area contributed by atoms with Gasteiger partial charge in [0.05, 0.1) is 6.04 Å². The Labute approximate surface area is 250 Å². The fraction of sp³-hybridized carbons (Fsp3) is 0.516. The van der Waals surface area contributed by atoms with Crippen LogP contribution in [-0.4, -0.2) is 60.1 Å². The van der Waals surface area contributed by atoms with E-state index in [1.54, 1.807) is 32.9 Å². The Kier molecular flexibility index (Phi) is 12.2. The van der Waals surface area contributed by atoms with E-state index in [0.717, 1.165) is 12.1 Å². The third kappa shape index (κ3) is 9.34. The molecule has 1 aliphatic rings. The van der Waals surface area contributed by atoms with Crippen molar-refractivity contribution in [2.24, 2.45) is 5.92 Å². The van der Waals surface area contributed by atoms with Gasteiger partial charge in [-0.25, -0.2) is 13.2 Å². The Morgan fingerprint density at radius 2 is 1.67 bits per heavy atom. The number of carbonyl (C=O) groups excluding carboxylic acids is 3. The summed E-state index contributed by atoms with van der Waals surface area (Å²) in [5, 5.41) is 20.9. The van der Waals surface area contributed by atoms with E-state index in [0.29, 0.717) is 37.8 Å². The Hall–Kier alpha value is -3.80. The first-order valence-corrected chi connectivity index (χ1v) is 14.6. The number of phenols is 1. The molecule has 12 heteroatoms. The normalized spacial score (nSPS) is 22.8. The van der Waals surface area contributed by atoms with Gasteiger partial charge in [0.1, 0.15) is 18.7 Å². The number of phenolic OH excluding ortho intramolecular Hbond substituents is 1. The first-order valence-electron chi connectivity index (χ1n) is 14.6. The molecule has 0 aromatic heterocycles. The third-order valence-corrected chi connectivity index (χ3v) is 7.22. The number of fused-ring (bicyclic) bond motifs is 1. The largest absolute Gasteiger partial charge is 0.503 e. The van der Waals surface area contributed by atoms with Crippen LogP contribution in [0.15, 0.2) is 30.3 Å². The summed E-state index contributed by atoms with van der Waals surface area (Å²) in [6.07, 6.45) is 1.70. The van der Waals surface area contributed by atoms with E-state index in [-0.39, 0.29) is 36.2 Å². The molecule has 2 aromatic carbocycles. The molecule has 0 fully saturated rings. The molecular formula is C31H41F3N4O5. The first kappa shape index (κ1) is 33.7. The van der Waals surface area contributed by atoms with Crippen molar-refractivity contribution in [3.8, 4) is 11.5 Å². The van der Waals surface area contributed by atoms with Gasteiger partial charge < -0.3 is 25.8 Å². The maximum atomic E-state index is 14.8. The molecule has 0 bridgehead atoms. The average molecular weight is 607 g/mol. The van der Waals surface area contributed by atoms with Crippen LogP contribution in [0.1, 0.15) is 58.1 Å². The fourth-order valence-corrected chi connectivity index (χ4v) is 4.93. The van der Waals surface area contributed by atoms with Crippen molar-refractivity contribution in [1.82, 2.24) is 21.3 Å². The second-order valence-electron chi connectivity index (χ2n) is 11.2. The van der Waals surface area contributed by atoms with Gasteiger partial charge in [-0.15, -0.1) is 0 Å². The summed E-state index contributed by atoms with van der Waals surface area (Å²) in [4.78, 5) is 39.9. The molecule has 4 atom stereocenters. The van der Waals surface area contributed by atoms with Gasteiger partial charge in [-0.2, -0.15) is 0 Å². The van der Waals surface area contributed by atoms with Crippen molar-refractivity contribution in [2.45, 2.75) is 84.0 Å². The highest BCUT2D eigenvalue weighted by atomic mass is 19.1. The summed E-state index contributed by atoms with van der Waals surface area (Å²) >= 11 is 0. The molecule has 0 aliphatic carbocycles. The Morgan fingerprint density at radius 1 is 0.977 bits per heavy atom. The standard InChI is InChI=1S/C31H41F3N4O5/c1-5-8-24-29(40)35-12-7-10-20-9-6-11-21(32)28(20)43-16-18(4)36-25(15-19-13-22(33)27(39)23(34)14-19)30(41)38-26(17(2)3)31(42)37-24/h6,9,11,13-14,17-18,24-26,36,39H,5,7-8,10,12,15-16H2,1-4H3,(H,35,40)(H,37,42)(H,38,41)/t18-,24-,25+,26+/m0/s1. The van der Waals surface area contributed by atoms with Crippen LogP contribution < -0.4 is 26.0 Å². The van der Waals surface area contributed by atoms with E-state index < -0.39 is 59.2 Å². The molecule has 0 spiro atoms. The average Bonchev–Trinajstić information content (AvgIpc) is 2.94. The van der Waals surface area contributed by atoms with Crippen molar-refractivity contribution >= 4 is 17.7 Å². The number of ether oxygens (including phenoxy) is 1. The lowest BCUT2D eigenvalue weighted by Crippen LogP contribution is -2.59. The summed E-state index contributed by atoms with van der Waals surface area (Å²) in [5.74, 6) is -5.91. The zero-order valence-corrected chi connectivity index (χ0v) is 24.9. The zero-order valence-electron chi connectivity index (χ0n) is 24.9. The fourth-order valence-electron chi connectivity index (χ4n) is 4.93. The number of para-hydroxylation sites is 1. The second kappa shape index (κ2) is 15.6. The van der Waals surface area contributed by atoms with Gasteiger partial charge in [0.2, 0.25) is 17.7 Å². The van der Waals surface area contributed by atoms with Gasteiger partial charge in [-0.1, -0.05) is 39.3 Å². The smallest absolute Gasteiger partial charge is 0.243 e. The van der Waals surface area contributed by atoms with Gasteiger partial charge >= 0.3 is 0 Å². The molecule has 3 amide bonds. The van der Waals surface area contributed by atoms with Gasteiger partial charge in [-0.3, -0.25) is 19.7 Å². The molecule has 0 unspecified atom stereocenters. The van der Waals surface area contributed by atoms with Crippen molar-refractivity contribution in [3.63, 3.8) is 0 Å². The highest BCUT2D eigenvalue weighted by Crippen LogP contribution is 2.25. The number of halogens is 3. The maximum absolute atomic E-state index is 14.8. The highest BCUT2D eigenvalue weighted by molar-refractivity contribution is 5.93. The van der Waals surface area contributed by atoms with Gasteiger partial charge in [0, 0.05) is 12.6 Å². The van der Waals surface area contributed by atoms with E-state index in [2.05, 4.69) is 21.3 Å². The number of hydrogen-bond acceptors (Lipinski definition) is 6. The minimum Gasteiger partial charge on any atom is -0.503 e. The molecule has 43 heavy (non-hydrogen) atoms. The minimum absolute atomic E-state index is 0.0560. The van der Waals surface area contributed by atoms with Crippen LogP contribution in [0.5, 0.6) is 11.5 Å². The molecule has 3 rings (SSSR count). The molecular weight excluding hydrogens is 565 g/mol. The number of benzene rings is 2. The summed E-state index contributed by atoms with van der Waals surface area (Å²) in [6, 6.07) is 2.91. The van der Waals surface area contributed by atoms with E-state index in [1.807, 2.05) is 6.92 Å². The van der Waals surface area contributed by atoms with Crippen molar-refractivity contribution in [3.05, 3.63) is 58.9 Å². The Balaban J connectivity index is 1.96. The maximum Gasteiger partial charge on any atom is 0.243 e. The SMILES string of the molecule is CCC[C@@H]1NC(=O)[C@@H](C(C)C)NC(=O)[C@@H](Cc2cc(F)c(O)c(F)c2)N[C@@H](C)COc2c(F)cccc2CCCNC1=O. The summed E-state index contributed by atoms with van der Waals surface area (Å²) in [5.41, 5.74) is 0.683. The minimum atomic E-state index is -1.18. The highest BCUT2D eigenvalue weighted by Gasteiger charge is 2.31. The van der Waals surface area contributed by atoms with Crippen LogP contribution in [0.4, 0.5) is 13.2 Å². The number of hydrogen-bond donors (Lipinski definition) is 5. The van der Waals surface area contributed by atoms with Crippen LogP contribution in [0.25, 0.3) is 0 Å². The van der Waals surface area contributed by atoms with Gasteiger partial charge in [0.15, 0.2) is 29.0 Å². The van der Waals surface area contributed by atoms with E-state index in [9.17, 15) is 32.7 Å². The summed E-state index contributed by atoms with van der Waals surface area (Å²) in [7, 11) is 0. The molecule has 1 aliphatic heterocycles. The van der Waals surface area contributed by atoms with Crippen LogP contribution in [0, 0.1) is 23.4 Å². The topological polar surface area (TPSA) is 129 Å². The number of aryl methyl sites for hydroxylation is 1. The monoisotopic (exact) mass is 606 g/mol. The van der Waals surface area contributed by atoms with Crippen molar-refractivity contribution in [2.75, 3.05) is 13.2 Å². The van der Waals surface area contributed by atoms with Crippen molar-refractivity contribution in [1.29, 1.82) is 0 Å². The molecule has 1 heterocycles. The molecule has 0 saturated heterocycles. The van der Waals surface area contributed by atoms with Crippen LogP contribution in [-0.2, 0) is 27.2 Å². The lowest BCUT2D eigenvalue weighted by atomic mass is 9.99. The molecule has 9 nitrogen and oxygen atoms in total. The van der Waals surface area contributed by atoms with Crippen LogP contribution >= 0.6 is 0 Å². The molecule has 0 radical (unpaired) electrons. The van der Waals surface area contributed by atoms with E-state index in [4.69, 9.17) is 4.74 Å². The van der Waals surface area contributed by atoms with E-state index >= 15 is 0 Å². The number of nitrogens with one attached hydrogen (secondary N) is 4. The first-order chi connectivity index (χ1) is 20.4. The Morgan fingerprint density at radius 3 is 2.33 bits per heavy atom. The quantitative estimate of drug-likeness (QED) is 0.356. The molecule has 236 valence electrons. The van der Waals surface area contributed by atoms with Crippen molar-refractivity contribution < 1.29 is 37.4 Å². The van der Waals surface area contributed by atoms with Gasteiger partial charge in [-0.05, 0) is 67.9 Å². The number of rotatable bonds is 5. The lowest BCUT2D eigenvalue weighted by molar-refractivity contribution is -0.133. The van der Waals surface area contributed by atoms with Crippen LogP contribution in [0.2, 0.25) is 0 Å². The predicted molar refractivity (Wildman–Crippen MR) is 155 cm³/mol. The lowest BCUT2D eigenvalue weighted by Gasteiger charge is -2.29. The zero-order chi connectivity index (χ0) is 31.7.